The summed E-state index contributed by atoms with van der Waals surface area (Å²) in [5, 5.41) is 3.34. The topological polar surface area (TPSA) is 68.2 Å². The van der Waals surface area contributed by atoms with E-state index in [0.29, 0.717) is 32.2 Å². The lowest BCUT2D eigenvalue weighted by Crippen LogP contribution is -2.38. The maximum atomic E-state index is 5.70. The average molecular weight is 514 g/mol. The molecule has 0 aliphatic rings. The fourth-order valence-corrected chi connectivity index (χ4v) is 2.69. The molecular weight excluding hydrogens is 483 g/mol. The molecular formula is C21H31IN4O3. The predicted octanol–water partition coefficient (Wildman–Crippen LogP) is 3.33. The van der Waals surface area contributed by atoms with Gasteiger partial charge in [0.15, 0.2) is 5.96 Å². The number of halogens is 1. The van der Waals surface area contributed by atoms with Crippen molar-refractivity contribution in [1.82, 2.24) is 15.2 Å². The molecule has 1 N–H and O–H groups in total. The molecule has 0 bridgehead atoms. The van der Waals surface area contributed by atoms with Crippen molar-refractivity contribution in [2.75, 3.05) is 41.0 Å². The molecule has 7 nitrogen and oxygen atoms in total. The number of benzene rings is 1. The highest BCUT2D eigenvalue weighted by atomic mass is 127. The number of methoxy groups -OCH3 is 2. The van der Waals surface area contributed by atoms with E-state index in [0.717, 1.165) is 29.4 Å². The van der Waals surface area contributed by atoms with Crippen LogP contribution in [-0.4, -0.2) is 56.9 Å². The Morgan fingerprint density at radius 3 is 2.59 bits per heavy atom. The lowest BCUT2D eigenvalue weighted by atomic mass is 10.2. The molecule has 8 heteroatoms. The number of guanidine groups is 1. The van der Waals surface area contributed by atoms with Gasteiger partial charge in [0.25, 0.3) is 0 Å². The Morgan fingerprint density at radius 2 is 1.86 bits per heavy atom. The van der Waals surface area contributed by atoms with Crippen LogP contribution in [0, 0.1) is 0 Å². The normalized spacial score (nSPS) is 10.8. The van der Waals surface area contributed by atoms with E-state index in [-0.39, 0.29) is 24.0 Å². The van der Waals surface area contributed by atoms with Crippen LogP contribution in [0.3, 0.4) is 0 Å². The van der Waals surface area contributed by atoms with Gasteiger partial charge < -0.3 is 24.4 Å². The second-order valence-electron chi connectivity index (χ2n) is 6.15. The van der Waals surface area contributed by atoms with Crippen LogP contribution in [-0.2, 0) is 17.8 Å². The predicted molar refractivity (Wildman–Crippen MR) is 126 cm³/mol. The Labute approximate surface area is 190 Å². The number of nitrogens with zero attached hydrogens (tertiary/aromatic N) is 3. The fraction of sp³-hybridized carbons (Fsp3) is 0.429. The molecule has 2 rings (SSSR count). The number of pyridine rings is 1. The van der Waals surface area contributed by atoms with Crippen LogP contribution < -0.4 is 14.8 Å². The number of hydrogen-bond acceptors (Lipinski definition) is 5. The van der Waals surface area contributed by atoms with E-state index in [2.05, 4.69) is 28.2 Å². The van der Waals surface area contributed by atoms with E-state index in [4.69, 9.17) is 19.2 Å². The monoisotopic (exact) mass is 514 g/mol. The summed E-state index contributed by atoms with van der Waals surface area (Å²) in [6.45, 7) is 4.95. The van der Waals surface area contributed by atoms with Gasteiger partial charge >= 0.3 is 0 Å². The minimum absolute atomic E-state index is 0. The third kappa shape index (κ3) is 8.06. The highest BCUT2D eigenvalue weighted by Crippen LogP contribution is 2.19. The van der Waals surface area contributed by atoms with Gasteiger partial charge in [-0.05, 0) is 19.1 Å². The molecule has 2 aromatic rings. The van der Waals surface area contributed by atoms with Gasteiger partial charge in [0.2, 0.25) is 5.88 Å². The first-order valence-corrected chi connectivity index (χ1v) is 9.36. The zero-order valence-corrected chi connectivity index (χ0v) is 19.9. The third-order valence-corrected chi connectivity index (χ3v) is 4.07. The summed E-state index contributed by atoms with van der Waals surface area (Å²) in [7, 11) is 5.34. The van der Waals surface area contributed by atoms with E-state index >= 15 is 0 Å². The summed E-state index contributed by atoms with van der Waals surface area (Å²) in [5.74, 6) is 2.26. The van der Waals surface area contributed by atoms with Crippen molar-refractivity contribution < 1.29 is 14.2 Å². The number of nitrogens with one attached hydrogen (secondary N) is 1. The molecule has 0 saturated heterocycles. The van der Waals surface area contributed by atoms with Gasteiger partial charge in [0.1, 0.15) is 12.4 Å². The second kappa shape index (κ2) is 14.0. The summed E-state index contributed by atoms with van der Waals surface area (Å²) in [5.41, 5.74) is 2.03. The molecule has 0 radical (unpaired) electrons. The molecule has 1 heterocycles. The van der Waals surface area contributed by atoms with Crippen molar-refractivity contribution in [1.29, 1.82) is 0 Å². The minimum atomic E-state index is 0. The van der Waals surface area contributed by atoms with Crippen LogP contribution >= 0.6 is 24.0 Å². The molecule has 0 aliphatic carbocycles. The van der Waals surface area contributed by atoms with Crippen LogP contribution in [0.2, 0.25) is 0 Å². The molecule has 1 aromatic heterocycles. The van der Waals surface area contributed by atoms with Crippen molar-refractivity contribution >= 4 is 29.9 Å². The number of para-hydroxylation sites is 1. The maximum absolute atomic E-state index is 5.70. The highest BCUT2D eigenvalue weighted by Gasteiger charge is 2.11. The van der Waals surface area contributed by atoms with Crippen molar-refractivity contribution in [3.8, 4) is 11.6 Å². The molecule has 0 aliphatic heterocycles. The van der Waals surface area contributed by atoms with Gasteiger partial charge in [-0.1, -0.05) is 24.3 Å². The lowest BCUT2D eigenvalue weighted by molar-refractivity contribution is 0.143. The van der Waals surface area contributed by atoms with E-state index in [9.17, 15) is 0 Å². The van der Waals surface area contributed by atoms with Crippen molar-refractivity contribution in [2.45, 2.75) is 20.0 Å². The number of ether oxygens (including phenoxy) is 3. The first kappa shape index (κ1) is 25.0. The standard InChI is InChI=1S/C21H30N4O3.HI/c1-5-22-21(25(2)16-18-9-6-7-11-19(18)27-4)24-15-17-10-8-12-23-20(17)28-14-13-26-3;/h6-12H,5,13-16H2,1-4H3,(H,22,24);1H. The molecule has 1 aromatic carbocycles. The summed E-state index contributed by atoms with van der Waals surface area (Å²) in [4.78, 5) is 11.1. The Bertz CT molecular complexity index is 758. The van der Waals surface area contributed by atoms with Gasteiger partial charge in [-0.2, -0.15) is 0 Å². The van der Waals surface area contributed by atoms with Crippen LogP contribution in [0.4, 0.5) is 0 Å². The number of hydrogen-bond donors (Lipinski definition) is 1. The lowest BCUT2D eigenvalue weighted by Gasteiger charge is -2.23. The first-order chi connectivity index (χ1) is 13.7. The van der Waals surface area contributed by atoms with Gasteiger partial charge in [0.05, 0.1) is 20.3 Å². The van der Waals surface area contributed by atoms with Crippen LogP contribution in [0.25, 0.3) is 0 Å². The number of aliphatic imine (C=N–C) groups is 1. The average Bonchev–Trinajstić information content (AvgIpc) is 2.72. The minimum Gasteiger partial charge on any atom is -0.496 e. The van der Waals surface area contributed by atoms with Gasteiger partial charge in [0, 0.05) is 44.6 Å². The Morgan fingerprint density at radius 1 is 1.10 bits per heavy atom. The molecule has 0 spiro atoms. The Balaban J connectivity index is 0.00000420. The second-order valence-corrected chi connectivity index (χ2v) is 6.15. The van der Waals surface area contributed by atoms with Gasteiger partial charge in [-0.3, -0.25) is 0 Å². The largest absolute Gasteiger partial charge is 0.496 e. The smallest absolute Gasteiger partial charge is 0.218 e. The number of rotatable bonds is 10. The van der Waals surface area contributed by atoms with Crippen LogP contribution in [0.15, 0.2) is 47.6 Å². The molecule has 0 saturated carbocycles. The number of aromatic nitrogens is 1. The first-order valence-electron chi connectivity index (χ1n) is 9.36. The highest BCUT2D eigenvalue weighted by molar-refractivity contribution is 14.0. The van der Waals surface area contributed by atoms with E-state index in [1.807, 2.05) is 37.4 Å². The van der Waals surface area contributed by atoms with E-state index in [1.165, 1.54) is 0 Å². The van der Waals surface area contributed by atoms with E-state index < -0.39 is 0 Å². The van der Waals surface area contributed by atoms with Crippen molar-refractivity contribution in [2.24, 2.45) is 4.99 Å². The van der Waals surface area contributed by atoms with Crippen LogP contribution in [0.1, 0.15) is 18.1 Å². The summed E-state index contributed by atoms with van der Waals surface area (Å²) < 4.78 is 16.2. The molecule has 0 atom stereocenters. The Kier molecular flexibility index (Phi) is 12.1. The zero-order valence-electron chi connectivity index (χ0n) is 17.6. The molecule has 160 valence electrons. The van der Waals surface area contributed by atoms with Crippen LogP contribution in [0.5, 0.6) is 11.6 Å². The SMILES string of the molecule is CCNC(=NCc1cccnc1OCCOC)N(C)Cc1ccccc1OC.I. The molecule has 0 unspecified atom stereocenters. The third-order valence-electron chi connectivity index (χ3n) is 4.07. The Hall–Kier alpha value is -2.07. The summed E-state index contributed by atoms with van der Waals surface area (Å²) in [6.07, 6.45) is 1.72. The molecule has 29 heavy (non-hydrogen) atoms. The fourth-order valence-electron chi connectivity index (χ4n) is 2.69. The van der Waals surface area contributed by atoms with Crippen molar-refractivity contribution in [3.05, 3.63) is 53.7 Å². The van der Waals surface area contributed by atoms with Crippen molar-refractivity contribution in [3.63, 3.8) is 0 Å². The zero-order chi connectivity index (χ0) is 20.2. The molecule has 0 amide bonds. The molecule has 0 fully saturated rings. The van der Waals surface area contributed by atoms with Gasteiger partial charge in [-0.15, -0.1) is 24.0 Å². The summed E-state index contributed by atoms with van der Waals surface area (Å²) >= 11 is 0. The summed E-state index contributed by atoms with van der Waals surface area (Å²) in [6, 6.07) is 11.9. The quantitative estimate of drug-likeness (QED) is 0.227. The maximum Gasteiger partial charge on any atom is 0.218 e. The van der Waals surface area contributed by atoms with Gasteiger partial charge in [-0.25, -0.2) is 9.98 Å². The van der Waals surface area contributed by atoms with E-state index in [1.54, 1.807) is 20.4 Å².